The SMILES string of the molecule is C=C1C2C=C(Cl)C=CC2CN1CC(C)(NC(C)=O)C(C)=O. The van der Waals surface area contributed by atoms with Crippen LogP contribution in [0.1, 0.15) is 20.8 Å². The first-order valence-electron chi connectivity index (χ1n) is 7.02. The van der Waals surface area contributed by atoms with E-state index < -0.39 is 5.54 Å². The van der Waals surface area contributed by atoms with Crippen LogP contribution in [0.3, 0.4) is 0 Å². The quantitative estimate of drug-likeness (QED) is 0.866. The highest BCUT2D eigenvalue weighted by Gasteiger charge is 2.40. The van der Waals surface area contributed by atoms with Gasteiger partial charge in [0.15, 0.2) is 5.78 Å². The minimum atomic E-state index is -0.903. The van der Waals surface area contributed by atoms with Crippen molar-refractivity contribution in [1.29, 1.82) is 0 Å². The first-order valence-corrected chi connectivity index (χ1v) is 7.40. The van der Waals surface area contributed by atoms with Gasteiger partial charge in [-0.1, -0.05) is 30.3 Å². The van der Waals surface area contributed by atoms with Gasteiger partial charge in [0.05, 0.1) is 0 Å². The Morgan fingerprint density at radius 2 is 2.19 bits per heavy atom. The van der Waals surface area contributed by atoms with E-state index in [0.29, 0.717) is 12.5 Å². The van der Waals surface area contributed by atoms with E-state index in [1.54, 1.807) is 6.92 Å². The lowest BCUT2D eigenvalue weighted by Gasteiger charge is -2.34. The molecule has 5 heteroatoms. The highest BCUT2D eigenvalue weighted by molar-refractivity contribution is 6.31. The van der Waals surface area contributed by atoms with Gasteiger partial charge in [0.2, 0.25) is 5.91 Å². The average Bonchev–Trinajstić information content (AvgIpc) is 2.65. The van der Waals surface area contributed by atoms with Crippen LogP contribution in [-0.4, -0.2) is 35.2 Å². The van der Waals surface area contributed by atoms with Crippen molar-refractivity contribution in [3.63, 3.8) is 0 Å². The summed E-state index contributed by atoms with van der Waals surface area (Å²) in [6.07, 6.45) is 5.98. The van der Waals surface area contributed by atoms with Crippen LogP contribution in [0.2, 0.25) is 0 Å². The highest BCUT2D eigenvalue weighted by Crippen LogP contribution is 2.38. The molecule has 0 aromatic rings. The predicted octanol–water partition coefficient (Wildman–Crippen LogP) is 2.22. The van der Waals surface area contributed by atoms with Gasteiger partial charge < -0.3 is 10.2 Å². The zero-order valence-electron chi connectivity index (χ0n) is 12.6. The van der Waals surface area contributed by atoms with Crippen LogP contribution in [0.15, 0.2) is 35.5 Å². The topological polar surface area (TPSA) is 49.4 Å². The van der Waals surface area contributed by atoms with Crippen molar-refractivity contribution in [2.24, 2.45) is 11.8 Å². The molecule has 21 heavy (non-hydrogen) atoms. The monoisotopic (exact) mass is 308 g/mol. The summed E-state index contributed by atoms with van der Waals surface area (Å²) in [5.41, 5.74) is 0.0415. The number of halogens is 1. The van der Waals surface area contributed by atoms with Crippen molar-refractivity contribution >= 4 is 23.3 Å². The van der Waals surface area contributed by atoms with Crippen LogP contribution in [0, 0.1) is 11.8 Å². The molecule has 1 fully saturated rings. The zero-order chi connectivity index (χ0) is 15.8. The van der Waals surface area contributed by atoms with E-state index in [4.69, 9.17) is 11.6 Å². The minimum absolute atomic E-state index is 0.0653. The smallest absolute Gasteiger partial charge is 0.217 e. The molecule has 1 amide bonds. The number of rotatable bonds is 4. The third-order valence-corrected chi connectivity index (χ3v) is 4.51. The van der Waals surface area contributed by atoms with E-state index in [1.807, 2.05) is 12.2 Å². The molecule has 0 bridgehead atoms. The number of amides is 1. The molecular weight excluding hydrogens is 288 g/mol. The second kappa shape index (κ2) is 5.68. The van der Waals surface area contributed by atoms with E-state index in [-0.39, 0.29) is 17.6 Å². The fourth-order valence-corrected chi connectivity index (χ4v) is 3.17. The van der Waals surface area contributed by atoms with E-state index in [0.717, 1.165) is 17.3 Å². The van der Waals surface area contributed by atoms with Crippen molar-refractivity contribution in [3.05, 3.63) is 35.5 Å². The molecule has 1 saturated heterocycles. The molecule has 2 aliphatic rings. The summed E-state index contributed by atoms with van der Waals surface area (Å²) in [6.45, 7) is 10.0. The predicted molar refractivity (Wildman–Crippen MR) is 83.7 cm³/mol. The lowest BCUT2D eigenvalue weighted by atomic mass is 9.90. The fraction of sp³-hybridized carbons (Fsp3) is 0.500. The van der Waals surface area contributed by atoms with E-state index in [2.05, 4.69) is 22.9 Å². The lowest BCUT2D eigenvalue weighted by molar-refractivity contribution is -0.129. The number of ketones is 1. The molecule has 0 aromatic heterocycles. The van der Waals surface area contributed by atoms with Crippen LogP contribution < -0.4 is 5.32 Å². The summed E-state index contributed by atoms with van der Waals surface area (Å²) in [4.78, 5) is 25.4. The number of hydrogen-bond donors (Lipinski definition) is 1. The number of Topliss-reactive ketones (excluding diaryl/α,β-unsaturated/α-hetero) is 1. The van der Waals surface area contributed by atoms with Crippen molar-refractivity contribution in [1.82, 2.24) is 10.2 Å². The maximum Gasteiger partial charge on any atom is 0.217 e. The highest BCUT2D eigenvalue weighted by atomic mass is 35.5. The largest absolute Gasteiger partial charge is 0.371 e. The standard InChI is InChI=1S/C16H21ClN2O2/c1-10-15-7-14(17)6-5-13(15)8-19(10)9-16(4,11(2)20)18-12(3)21/h5-7,13,15H,1,8-9H2,2-4H3,(H,18,21). The molecule has 1 aliphatic carbocycles. The third-order valence-electron chi connectivity index (χ3n) is 4.26. The van der Waals surface area contributed by atoms with Gasteiger partial charge in [-0.3, -0.25) is 9.59 Å². The van der Waals surface area contributed by atoms with Crippen LogP contribution in [0.25, 0.3) is 0 Å². The molecule has 0 radical (unpaired) electrons. The summed E-state index contributed by atoms with van der Waals surface area (Å²) < 4.78 is 0. The Hall–Kier alpha value is -1.55. The Kier molecular flexibility index (Phi) is 4.28. The van der Waals surface area contributed by atoms with E-state index in [1.165, 1.54) is 13.8 Å². The van der Waals surface area contributed by atoms with Crippen LogP contribution in [0.5, 0.6) is 0 Å². The van der Waals surface area contributed by atoms with Gasteiger partial charge in [-0.25, -0.2) is 0 Å². The minimum Gasteiger partial charge on any atom is -0.371 e. The average molecular weight is 309 g/mol. The van der Waals surface area contributed by atoms with Crippen molar-refractivity contribution in [2.75, 3.05) is 13.1 Å². The van der Waals surface area contributed by atoms with Gasteiger partial charge in [0.1, 0.15) is 5.54 Å². The zero-order valence-corrected chi connectivity index (χ0v) is 13.4. The van der Waals surface area contributed by atoms with Crippen molar-refractivity contribution < 1.29 is 9.59 Å². The molecule has 0 aromatic carbocycles. The van der Waals surface area contributed by atoms with Crippen LogP contribution >= 0.6 is 11.6 Å². The number of nitrogens with zero attached hydrogens (tertiary/aromatic N) is 1. The van der Waals surface area contributed by atoms with Gasteiger partial charge in [-0.2, -0.15) is 0 Å². The Morgan fingerprint density at radius 1 is 1.52 bits per heavy atom. The van der Waals surface area contributed by atoms with Crippen LogP contribution in [-0.2, 0) is 9.59 Å². The molecular formula is C16H21ClN2O2. The van der Waals surface area contributed by atoms with Gasteiger partial charge >= 0.3 is 0 Å². The van der Waals surface area contributed by atoms with Gasteiger partial charge in [0.25, 0.3) is 0 Å². The first-order chi connectivity index (χ1) is 9.73. The van der Waals surface area contributed by atoms with Gasteiger partial charge in [-0.15, -0.1) is 0 Å². The molecule has 1 N–H and O–H groups in total. The molecule has 1 heterocycles. The molecule has 2 rings (SSSR count). The van der Waals surface area contributed by atoms with Gasteiger partial charge in [0, 0.05) is 42.6 Å². The molecule has 1 aliphatic heterocycles. The molecule has 3 unspecified atom stereocenters. The summed E-state index contributed by atoms with van der Waals surface area (Å²) in [6, 6.07) is 0. The van der Waals surface area contributed by atoms with Crippen LogP contribution in [0.4, 0.5) is 0 Å². The second-order valence-corrected chi connectivity index (χ2v) is 6.48. The van der Waals surface area contributed by atoms with E-state index in [9.17, 15) is 9.59 Å². The summed E-state index contributed by atoms with van der Waals surface area (Å²) in [7, 11) is 0. The second-order valence-electron chi connectivity index (χ2n) is 6.04. The summed E-state index contributed by atoms with van der Waals surface area (Å²) in [5.74, 6) is 0.229. The molecule has 0 spiro atoms. The normalized spacial score (nSPS) is 27.0. The van der Waals surface area contributed by atoms with Crippen molar-refractivity contribution in [3.8, 4) is 0 Å². The number of fused-ring (bicyclic) bond motifs is 1. The Labute approximate surface area is 130 Å². The molecule has 3 atom stereocenters. The maximum atomic E-state index is 11.9. The number of nitrogens with one attached hydrogen (secondary N) is 1. The number of hydrogen-bond acceptors (Lipinski definition) is 3. The Morgan fingerprint density at radius 3 is 2.76 bits per heavy atom. The summed E-state index contributed by atoms with van der Waals surface area (Å²) in [5, 5.41) is 3.48. The van der Waals surface area contributed by atoms with Crippen molar-refractivity contribution in [2.45, 2.75) is 26.3 Å². The fourth-order valence-electron chi connectivity index (χ4n) is 2.96. The van der Waals surface area contributed by atoms with Gasteiger partial charge in [-0.05, 0) is 19.9 Å². The molecule has 0 saturated carbocycles. The Balaban J connectivity index is 2.16. The maximum absolute atomic E-state index is 11.9. The Bertz CT molecular complexity index is 552. The number of allylic oxidation sites excluding steroid dienone is 3. The third kappa shape index (κ3) is 3.21. The molecule has 4 nitrogen and oxygen atoms in total. The van der Waals surface area contributed by atoms with E-state index >= 15 is 0 Å². The first kappa shape index (κ1) is 15.8. The number of likely N-dealkylation sites (tertiary alicyclic amines) is 1. The number of carbonyl (C=O) groups is 2. The summed E-state index contributed by atoms with van der Waals surface area (Å²) >= 11 is 6.05. The lowest BCUT2D eigenvalue weighted by Crippen LogP contribution is -2.57. The number of carbonyl (C=O) groups excluding carboxylic acids is 2. The molecule has 114 valence electrons.